The Hall–Kier alpha value is -3.32. The Kier molecular flexibility index (Phi) is 5.60. The summed E-state index contributed by atoms with van der Waals surface area (Å²) in [4.78, 5) is 22.6. The Labute approximate surface area is 202 Å². The molecule has 4 aromatic rings. The fraction of sp³-hybridized carbons (Fsp3) is 0.150. The second-order valence-corrected chi connectivity index (χ2v) is 9.85. The van der Waals surface area contributed by atoms with Gasteiger partial charge in [-0.1, -0.05) is 29.8 Å². The molecule has 1 atom stereocenters. The largest absolute Gasteiger partial charge is 0.351 e. The third-order valence-corrected chi connectivity index (χ3v) is 7.54. The van der Waals surface area contributed by atoms with Crippen molar-refractivity contribution in [3.8, 4) is 0 Å². The summed E-state index contributed by atoms with van der Waals surface area (Å²) in [6.07, 6.45) is 0.589. The van der Waals surface area contributed by atoms with Crippen LogP contribution in [0.2, 0.25) is 10.4 Å². The van der Waals surface area contributed by atoms with E-state index in [1.165, 1.54) is 22.8 Å². The summed E-state index contributed by atoms with van der Waals surface area (Å²) in [5, 5.41) is 11.0. The normalized spacial score (nSPS) is 16.3. The lowest BCUT2D eigenvalue weighted by Gasteiger charge is -2.27. The molecule has 2 aromatic carbocycles. The van der Waals surface area contributed by atoms with Crippen LogP contribution in [0.15, 0.2) is 59.8 Å². The molecule has 5 rings (SSSR count). The van der Waals surface area contributed by atoms with Crippen LogP contribution in [-0.4, -0.2) is 39.4 Å². The van der Waals surface area contributed by atoms with Crippen molar-refractivity contribution in [2.75, 3.05) is 10.8 Å². The average molecular weight is 521 g/mol. The highest BCUT2D eigenvalue weighted by atomic mass is 35.5. The summed E-state index contributed by atoms with van der Waals surface area (Å²) in [5.41, 5.74) is 1.44. The zero-order chi connectivity index (χ0) is 24.0. The van der Waals surface area contributed by atoms with Crippen LogP contribution in [-0.2, 0) is 21.4 Å². The second kappa shape index (κ2) is 8.47. The van der Waals surface area contributed by atoms with Gasteiger partial charge in [-0.25, -0.2) is 18.4 Å². The van der Waals surface area contributed by atoms with Crippen molar-refractivity contribution >= 4 is 55.8 Å². The highest BCUT2D eigenvalue weighted by molar-refractivity contribution is 7.92. The maximum atomic E-state index is 13.7. The number of ether oxygens (including phenoxy) is 1. The number of halogens is 2. The van der Waals surface area contributed by atoms with E-state index >= 15 is 0 Å². The Morgan fingerprint density at radius 2 is 1.82 bits per heavy atom. The predicted molar refractivity (Wildman–Crippen MR) is 123 cm³/mol. The first kappa shape index (κ1) is 22.5. The van der Waals surface area contributed by atoms with Crippen LogP contribution >= 0.6 is 23.2 Å². The molecule has 0 spiro atoms. The van der Waals surface area contributed by atoms with E-state index in [1.54, 1.807) is 28.8 Å². The second-order valence-electron chi connectivity index (χ2n) is 7.29. The van der Waals surface area contributed by atoms with Crippen molar-refractivity contribution in [2.24, 2.45) is 0 Å². The molecule has 0 saturated carbocycles. The van der Waals surface area contributed by atoms with Crippen molar-refractivity contribution in [2.45, 2.75) is 17.7 Å². The van der Waals surface area contributed by atoms with E-state index < -0.39 is 21.2 Å². The first-order valence-corrected chi connectivity index (χ1v) is 12.0. The van der Waals surface area contributed by atoms with Gasteiger partial charge in [0.25, 0.3) is 15.7 Å². The van der Waals surface area contributed by atoms with Crippen LogP contribution in [0.3, 0.4) is 0 Å². The summed E-state index contributed by atoms with van der Waals surface area (Å²) in [6, 6.07) is 11.6. The van der Waals surface area contributed by atoms with Gasteiger partial charge < -0.3 is 4.74 Å². The fourth-order valence-electron chi connectivity index (χ4n) is 3.69. The highest BCUT2D eigenvalue weighted by Gasteiger charge is 2.34. The molecular weight excluding hydrogens is 507 g/mol. The number of rotatable bonds is 4. The number of aromatic nitrogens is 4. The lowest BCUT2D eigenvalue weighted by molar-refractivity contribution is -0.384. The molecule has 0 bridgehead atoms. The molecule has 0 radical (unpaired) electrons. The van der Waals surface area contributed by atoms with Crippen LogP contribution < -0.4 is 4.31 Å². The first-order chi connectivity index (χ1) is 16.3. The van der Waals surface area contributed by atoms with E-state index in [1.807, 2.05) is 0 Å². The van der Waals surface area contributed by atoms with Crippen LogP contribution in [0.4, 0.5) is 11.4 Å². The molecule has 1 aliphatic rings. The number of non-ortho nitro benzene ring substituents is 1. The molecule has 14 heteroatoms. The van der Waals surface area contributed by atoms with Gasteiger partial charge >= 0.3 is 0 Å². The molecule has 0 aliphatic carbocycles. The first-order valence-electron chi connectivity index (χ1n) is 9.78. The molecule has 11 nitrogen and oxygen atoms in total. The quantitative estimate of drug-likeness (QED) is 0.171. The molecule has 174 valence electrons. The smallest absolute Gasteiger partial charge is 0.269 e. The van der Waals surface area contributed by atoms with Crippen molar-refractivity contribution in [3.05, 3.63) is 81.0 Å². The van der Waals surface area contributed by atoms with Gasteiger partial charge in [0, 0.05) is 17.7 Å². The van der Waals surface area contributed by atoms with Crippen molar-refractivity contribution in [1.29, 1.82) is 0 Å². The van der Waals surface area contributed by atoms with Crippen LogP contribution in [0.1, 0.15) is 11.8 Å². The number of nitro groups is 1. The molecule has 0 fully saturated rings. The van der Waals surface area contributed by atoms with E-state index in [4.69, 9.17) is 27.9 Å². The minimum atomic E-state index is -4.12. The lowest BCUT2D eigenvalue weighted by atomic mass is 10.2. The lowest BCUT2D eigenvalue weighted by Crippen LogP contribution is -2.36. The minimum absolute atomic E-state index is 0.0565. The monoisotopic (exact) mass is 520 g/mol. The van der Waals surface area contributed by atoms with E-state index in [2.05, 4.69) is 15.0 Å². The molecule has 3 heterocycles. The number of anilines is 1. The van der Waals surface area contributed by atoms with Crippen molar-refractivity contribution < 1.29 is 18.1 Å². The summed E-state index contributed by atoms with van der Waals surface area (Å²) < 4.78 is 36.2. The third-order valence-electron chi connectivity index (χ3n) is 5.31. The van der Waals surface area contributed by atoms with E-state index in [0.29, 0.717) is 16.8 Å². The van der Waals surface area contributed by atoms with Crippen LogP contribution in [0.5, 0.6) is 0 Å². The number of fused-ring (bicyclic) bond motifs is 2. The number of hydrogen-bond acceptors (Lipinski definition) is 8. The highest BCUT2D eigenvalue weighted by Crippen LogP contribution is 2.35. The van der Waals surface area contributed by atoms with Gasteiger partial charge in [-0.2, -0.15) is 4.98 Å². The average Bonchev–Trinajstić information content (AvgIpc) is 3.13. The molecule has 0 N–H and O–H groups in total. The molecular formula is C20H14Cl2N6O5S. The summed E-state index contributed by atoms with van der Waals surface area (Å²) in [6.45, 7) is -0.0274. The summed E-state index contributed by atoms with van der Waals surface area (Å²) in [7, 11) is -4.12. The van der Waals surface area contributed by atoms with E-state index in [0.717, 1.165) is 12.1 Å². The molecule has 1 aliphatic heterocycles. The Bertz CT molecular complexity index is 1530. The number of benzene rings is 2. The van der Waals surface area contributed by atoms with Crippen molar-refractivity contribution in [3.63, 3.8) is 0 Å². The molecule has 0 unspecified atom stereocenters. The van der Waals surface area contributed by atoms with Gasteiger partial charge in [-0.15, -0.1) is 0 Å². The number of imidazole rings is 1. The fourth-order valence-corrected chi connectivity index (χ4v) is 5.60. The number of hydrogen-bond donors (Lipinski definition) is 0. The predicted octanol–water partition coefficient (Wildman–Crippen LogP) is 3.97. The van der Waals surface area contributed by atoms with Gasteiger partial charge in [-0.05, 0) is 29.8 Å². The maximum absolute atomic E-state index is 13.7. The van der Waals surface area contributed by atoms with Crippen LogP contribution in [0, 0.1) is 10.1 Å². The Balaban J connectivity index is 1.61. The van der Waals surface area contributed by atoms with E-state index in [-0.39, 0.29) is 39.8 Å². The number of nitro benzene ring substituents is 1. The minimum Gasteiger partial charge on any atom is -0.351 e. The maximum Gasteiger partial charge on any atom is 0.269 e. The van der Waals surface area contributed by atoms with Gasteiger partial charge in [0.1, 0.15) is 5.52 Å². The molecule has 0 saturated heterocycles. The van der Waals surface area contributed by atoms with Gasteiger partial charge in [0.2, 0.25) is 5.28 Å². The van der Waals surface area contributed by atoms with Crippen molar-refractivity contribution in [1.82, 2.24) is 19.5 Å². The number of para-hydroxylation sites is 1. The zero-order valence-corrected chi connectivity index (χ0v) is 19.4. The van der Waals surface area contributed by atoms with Gasteiger partial charge in [0.05, 0.1) is 35.0 Å². The zero-order valence-electron chi connectivity index (χ0n) is 17.1. The summed E-state index contributed by atoms with van der Waals surface area (Å²) >= 11 is 12.1. The molecule has 34 heavy (non-hydrogen) atoms. The van der Waals surface area contributed by atoms with Crippen LogP contribution in [0.25, 0.3) is 11.2 Å². The number of nitrogens with zero attached hydrogens (tertiary/aromatic N) is 6. The van der Waals surface area contributed by atoms with Gasteiger partial charge in [0.15, 0.2) is 17.0 Å². The summed E-state index contributed by atoms with van der Waals surface area (Å²) in [5.74, 6) is 0. The Morgan fingerprint density at radius 3 is 2.56 bits per heavy atom. The number of sulfonamides is 1. The Morgan fingerprint density at radius 1 is 1.09 bits per heavy atom. The molecule has 0 amide bonds. The van der Waals surface area contributed by atoms with Gasteiger partial charge in [-0.3, -0.25) is 19.0 Å². The van der Waals surface area contributed by atoms with E-state index in [9.17, 15) is 18.5 Å². The SMILES string of the molecule is O=[N+]([O-])c1ccc(S(=O)(=O)N2C[C@@H](n3cnc4c(Cl)nc(Cl)nc43)OCc3ccccc32)cc1. The topological polar surface area (TPSA) is 133 Å². The third kappa shape index (κ3) is 3.84. The molecule has 2 aromatic heterocycles. The standard InChI is InChI=1S/C20H14Cl2N6O5S/c21-18-17-19(25-20(22)24-18)26(11-23-17)16-9-27(15-4-2-1-3-12(15)10-33-16)34(31,32)14-7-5-13(6-8-14)28(29)30/h1-8,11,16H,9-10H2/t16-/m0/s1.